The molecule has 1 aliphatic carbocycles. The topological polar surface area (TPSA) is 27.7 Å². The van der Waals surface area contributed by atoms with Gasteiger partial charge in [0.05, 0.1) is 19.3 Å². The zero-order valence-corrected chi connectivity index (χ0v) is 23.8. The number of unbranched alkanes of at least 4 members (excludes halogenated alkanes) is 5. The molecular formula is C32H43F5O3. The largest absolute Gasteiger partial charge is 0.490 e. The molecule has 0 spiro atoms. The van der Waals surface area contributed by atoms with Crippen LogP contribution in [0.1, 0.15) is 89.2 Å². The predicted molar refractivity (Wildman–Crippen MR) is 148 cm³/mol. The van der Waals surface area contributed by atoms with Crippen LogP contribution in [0.15, 0.2) is 18.2 Å². The van der Waals surface area contributed by atoms with E-state index in [-0.39, 0.29) is 42.1 Å². The van der Waals surface area contributed by atoms with Crippen LogP contribution < -0.4 is 4.74 Å². The number of fused-ring (bicyclic) bond motifs is 1. The lowest BCUT2D eigenvalue weighted by Gasteiger charge is -2.27. The van der Waals surface area contributed by atoms with E-state index in [0.717, 1.165) is 44.9 Å². The number of halogens is 5. The van der Waals surface area contributed by atoms with E-state index in [2.05, 4.69) is 13.8 Å². The summed E-state index contributed by atoms with van der Waals surface area (Å²) in [4.78, 5) is 0. The van der Waals surface area contributed by atoms with Crippen LogP contribution in [0, 0.1) is 23.3 Å². The molecule has 2 atom stereocenters. The molecule has 0 heterocycles. The lowest BCUT2D eigenvalue weighted by Crippen LogP contribution is -2.27. The van der Waals surface area contributed by atoms with Gasteiger partial charge in [-0.25, -0.2) is 17.6 Å². The summed E-state index contributed by atoms with van der Waals surface area (Å²) in [7, 11) is 0. The van der Waals surface area contributed by atoms with Gasteiger partial charge in [-0.15, -0.1) is 0 Å². The number of hydrogen-bond donors (Lipinski definition) is 0. The fourth-order valence-electron chi connectivity index (χ4n) is 5.01. The molecule has 2 unspecified atom stereocenters. The molecule has 0 amide bonds. The van der Waals surface area contributed by atoms with Crippen molar-refractivity contribution in [3.63, 3.8) is 0 Å². The summed E-state index contributed by atoms with van der Waals surface area (Å²) < 4.78 is 90.7. The van der Waals surface area contributed by atoms with Gasteiger partial charge in [0.25, 0.3) is 0 Å². The van der Waals surface area contributed by atoms with Crippen molar-refractivity contribution in [2.75, 3.05) is 26.4 Å². The second-order valence-corrected chi connectivity index (χ2v) is 10.6. The fourth-order valence-corrected chi connectivity index (χ4v) is 5.01. The Hall–Kier alpha value is -2.19. The Bertz CT molecular complexity index is 1060. The van der Waals surface area contributed by atoms with Gasteiger partial charge in [0.2, 0.25) is 5.82 Å². The molecule has 3 nitrogen and oxygen atoms in total. The predicted octanol–water partition coefficient (Wildman–Crippen LogP) is 9.07. The van der Waals surface area contributed by atoms with Gasteiger partial charge in [-0.2, -0.15) is 4.39 Å². The van der Waals surface area contributed by atoms with Crippen LogP contribution in [0.25, 0.3) is 11.1 Å². The van der Waals surface area contributed by atoms with Crippen molar-refractivity contribution in [3.8, 4) is 16.9 Å². The van der Waals surface area contributed by atoms with Crippen LogP contribution in [0.4, 0.5) is 22.0 Å². The van der Waals surface area contributed by atoms with E-state index in [9.17, 15) is 13.2 Å². The highest BCUT2D eigenvalue weighted by Crippen LogP contribution is 2.37. The molecule has 0 fully saturated rings. The van der Waals surface area contributed by atoms with Gasteiger partial charge in [0.1, 0.15) is 6.17 Å². The molecule has 1 aliphatic rings. The highest BCUT2D eigenvalue weighted by molar-refractivity contribution is 5.68. The van der Waals surface area contributed by atoms with Crippen molar-refractivity contribution < 1.29 is 36.2 Å². The van der Waals surface area contributed by atoms with Gasteiger partial charge >= 0.3 is 0 Å². The van der Waals surface area contributed by atoms with Crippen LogP contribution in [0.2, 0.25) is 0 Å². The Balaban J connectivity index is 1.59. The van der Waals surface area contributed by atoms with Gasteiger partial charge in [-0.3, -0.25) is 0 Å². The molecule has 2 aromatic rings. The first-order chi connectivity index (χ1) is 19.4. The van der Waals surface area contributed by atoms with E-state index in [1.807, 2.05) is 0 Å². The molecule has 0 N–H and O–H groups in total. The van der Waals surface area contributed by atoms with E-state index in [1.165, 1.54) is 18.2 Å². The van der Waals surface area contributed by atoms with E-state index < -0.39 is 35.5 Å². The standard InChI is InChI=1S/C32H43F5O3/c1-3-5-7-8-11-23(33)21-40-24-13-12-22-19-27(31(36)30(35)26(22)20-24)25-14-15-28(32(37)29(25)34)39-18-10-17-38-16-9-6-4-2/h14-15,19,23-24H,3-13,16-18,20-21H2,1-2H3. The second kappa shape index (κ2) is 16.9. The minimum Gasteiger partial charge on any atom is -0.490 e. The SMILES string of the molecule is CCCCCCC(F)COC1CCc2cc(-c3ccc(OCCCOCCCCC)c(F)c3F)c(F)c(F)c2C1. The third-order valence-corrected chi connectivity index (χ3v) is 7.37. The van der Waals surface area contributed by atoms with Crippen LogP contribution in [0.5, 0.6) is 5.75 Å². The molecule has 2 aromatic carbocycles. The van der Waals surface area contributed by atoms with Gasteiger partial charge < -0.3 is 14.2 Å². The number of rotatable bonds is 18. The highest BCUT2D eigenvalue weighted by Gasteiger charge is 2.28. The molecule has 0 saturated carbocycles. The van der Waals surface area contributed by atoms with Gasteiger partial charge in [0, 0.05) is 37.2 Å². The van der Waals surface area contributed by atoms with Gasteiger partial charge in [-0.1, -0.05) is 52.4 Å². The summed E-state index contributed by atoms with van der Waals surface area (Å²) in [5.74, 6) is -5.18. The Morgan fingerprint density at radius 2 is 1.52 bits per heavy atom. The smallest absolute Gasteiger partial charge is 0.201 e. The first kappa shape index (κ1) is 32.3. The zero-order chi connectivity index (χ0) is 28.9. The van der Waals surface area contributed by atoms with Gasteiger partial charge in [-0.05, 0) is 55.0 Å². The molecule has 8 heteroatoms. The maximum Gasteiger partial charge on any atom is 0.201 e. The Morgan fingerprint density at radius 1 is 0.800 bits per heavy atom. The quantitative estimate of drug-likeness (QED) is 0.132. The third-order valence-electron chi connectivity index (χ3n) is 7.37. The molecular weight excluding hydrogens is 527 g/mol. The molecule has 40 heavy (non-hydrogen) atoms. The Morgan fingerprint density at radius 3 is 2.30 bits per heavy atom. The van der Waals surface area contributed by atoms with E-state index >= 15 is 8.78 Å². The Kier molecular flexibility index (Phi) is 13.7. The fraction of sp³-hybridized carbons (Fsp3) is 0.625. The maximum absolute atomic E-state index is 15.1. The molecule has 3 rings (SSSR count). The first-order valence-electron chi connectivity index (χ1n) is 14.8. The summed E-state index contributed by atoms with van der Waals surface area (Å²) in [6.07, 6.45) is 7.51. The number of alkyl halides is 1. The third kappa shape index (κ3) is 9.16. The normalized spacial score (nSPS) is 15.7. The summed E-state index contributed by atoms with van der Waals surface area (Å²) in [6, 6.07) is 3.81. The van der Waals surface area contributed by atoms with Crippen molar-refractivity contribution >= 4 is 0 Å². The van der Waals surface area contributed by atoms with Crippen molar-refractivity contribution in [1.82, 2.24) is 0 Å². The van der Waals surface area contributed by atoms with Crippen LogP contribution in [0.3, 0.4) is 0 Å². The van der Waals surface area contributed by atoms with Crippen molar-refractivity contribution in [3.05, 3.63) is 52.6 Å². The van der Waals surface area contributed by atoms with Crippen LogP contribution in [-0.4, -0.2) is 38.7 Å². The minimum atomic E-state index is -1.29. The minimum absolute atomic E-state index is 0.0702. The summed E-state index contributed by atoms with van der Waals surface area (Å²) in [5.41, 5.74) is -0.0437. The highest BCUT2D eigenvalue weighted by atomic mass is 19.2. The lowest BCUT2D eigenvalue weighted by atomic mass is 9.86. The molecule has 0 aromatic heterocycles. The average Bonchev–Trinajstić information content (AvgIpc) is 2.96. The first-order valence-corrected chi connectivity index (χ1v) is 14.8. The van der Waals surface area contributed by atoms with Crippen molar-refractivity contribution in [1.29, 1.82) is 0 Å². The summed E-state index contributed by atoms with van der Waals surface area (Å²) in [5, 5.41) is 0. The molecule has 0 bridgehead atoms. The van der Waals surface area contributed by atoms with Crippen LogP contribution in [-0.2, 0) is 22.3 Å². The zero-order valence-electron chi connectivity index (χ0n) is 23.8. The number of benzene rings is 2. The summed E-state index contributed by atoms with van der Waals surface area (Å²) in [6.45, 7) is 5.37. The number of aryl methyl sites for hydroxylation is 1. The van der Waals surface area contributed by atoms with E-state index in [4.69, 9.17) is 14.2 Å². The molecule has 0 aliphatic heterocycles. The lowest BCUT2D eigenvalue weighted by molar-refractivity contribution is 0.00865. The van der Waals surface area contributed by atoms with E-state index in [1.54, 1.807) is 0 Å². The monoisotopic (exact) mass is 570 g/mol. The van der Waals surface area contributed by atoms with E-state index in [0.29, 0.717) is 44.5 Å². The molecule has 224 valence electrons. The van der Waals surface area contributed by atoms with Crippen molar-refractivity contribution in [2.45, 2.75) is 103 Å². The molecule has 0 radical (unpaired) electrons. The summed E-state index contributed by atoms with van der Waals surface area (Å²) >= 11 is 0. The number of ether oxygens (including phenoxy) is 3. The van der Waals surface area contributed by atoms with Crippen molar-refractivity contribution in [2.24, 2.45) is 0 Å². The second-order valence-electron chi connectivity index (χ2n) is 10.6. The Labute approximate surface area is 235 Å². The maximum atomic E-state index is 15.1. The molecule has 0 saturated heterocycles. The average molecular weight is 571 g/mol. The van der Waals surface area contributed by atoms with Gasteiger partial charge in [0.15, 0.2) is 23.2 Å². The number of hydrogen-bond acceptors (Lipinski definition) is 3. The van der Waals surface area contributed by atoms with Crippen LogP contribution >= 0.6 is 0 Å².